The number of hydrogen-bond donors (Lipinski definition) is 1. The summed E-state index contributed by atoms with van der Waals surface area (Å²) in [6.45, 7) is 13.3. The lowest BCUT2D eigenvalue weighted by molar-refractivity contribution is -0.241. The van der Waals surface area contributed by atoms with Crippen LogP contribution in [0.5, 0.6) is 11.5 Å². The van der Waals surface area contributed by atoms with E-state index in [0.717, 1.165) is 44.9 Å². The van der Waals surface area contributed by atoms with Gasteiger partial charge in [0, 0.05) is 5.56 Å². The number of fused-ring (bicyclic) bond motifs is 1. The van der Waals surface area contributed by atoms with Gasteiger partial charge in [-0.3, -0.25) is 4.57 Å². The summed E-state index contributed by atoms with van der Waals surface area (Å²) in [5.74, 6) is 1.98. The molecule has 0 aliphatic carbocycles. The summed E-state index contributed by atoms with van der Waals surface area (Å²) in [6.07, 6.45) is 3.47. The predicted octanol–water partition coefficient (Wildman–Crippen LogP) is 11.7. The Bertz CT molecular complexity index is 2720. The molecule has 8 rings (SSSR count). The van der Waals surface area contributed by atoms with Crippen molar-refractivity contribution in [2.45, 2.75) is 70.2 Å². The van der Waals surface area contributed by atoms with E-state index in [1.807, 2.05) is 60.9 Å². The third-order valence-corrected chi connectivity index (χ3v) is 13.1. The van der Waals surface area contributed by atoms with Crippen LogP contribution in [0, 0.1) is 5.41 Å². The molecule has 0 aliphatic rings. The van der Waals surface area contributed by atoms with Gasteiger partial charge in [0.05, 0.1) is 26.7 Å². The molecule has 0 saturated heterocycles. The second-order valence-electron chi connectivity index (χ2n) is 17.7. The van der Waals surface area contributed by atoms with E-state index in [9.17, 15) is 0 Å². The molecule has 2 heterocycles. The van der Waals surface area contributed by atoms with Gasteiger partial charge < -0.3 is 24.0 Å². The minimum Gasteiger partial charge on any atom is -0.497 e. The Morgan fingerprint density at radius 2 is 1.15 bits per heavy atom. The molecular formula is C55H59N5O4Si. The maximum Gasteiger partial charge on any atom is 0.174 e. The average molecular weight is 882 g/mol. The summed E-state index contributed by atoms with van der Waals surface area (Å²) in [5.41, 5.74) is 2.99. The predicted molar refractivity (Wildman–Crippen MR) is 263 cm³/mol. The molecule has 0 radical (unpaired) electrons. The molecule has 332 valence electrons. The third-order valence-electron chi connectivity index (χ3n) is 12.2. The van der Waals surface area contributed by atoms with E-state index < -0.39 is 37.4 Å². The van der Waals surface area contributed by atoms with Gasteiger partial charge in [-0.15, -0.1) is 0 Å². The van der Waals surface area contributed by atoms with Crippen LogP contribution < -0.4 is 14.8 Å². The molecule has 65 heavy (non-hydrogen) atoms. The van der Waals surface area contributed by atoms with Crippen molar-refractivity contribution in [1.29, 1.82) is 0 Å². The maximum absolute atomic E-state index is 8.32. The number of imidazole rings is 1. The Kier molecular flexibility index (Phi) is 13.1. The van der Waals surface area contributed by atoms with Gasteiger partial charge in [-0.25, -0.2) is 15.0 Å². The van der Waals surface area contributed by atoms with Crippen molar-refractivity contribution in [3.63, 3.8) is 0 Å². The highest BCUT2D eigenvalue weighted by Crippen LogP contribution is 2.52. The van der Waals surface area contributed by atoms with Gasteiger partial charge in [-0.2, -0.15) is 0 Å². The Labute approximate surface area is 385 Å². The van der Waals surface area contributed by atoms with Gasteiger partial charge >= 0.3 is 0 Å². The molecule has 2 atom stereocenters. The fraction of sp³-hybridized carbons (Fsp3) is 0.255. The number of nitrogens with one attached hydrogen (secondary N) is 1. The van der Waals surface area contributed by atoms with Crippen LogP contribution in [0.25, 0.3) is 11.2 Å². The van der Waals surface area contributed by atoms with E-state index in [2.05, 4.69) is 166 Å². The summed E-state index contributed by atoms with van der Waals surface area (Å²) in [6, 6.07) is 58.0. The Hall–Kier alpha value is -6.59. The van der Waals surface area contributed by atoms with Crippen LogP contribution in [0.3, 0.4) is 0 Å². The summed E-state index contributed by atoms with van der Waals surface area (Å²) in [4.78, 5) is 15.4. The lowest BCUT2D eigenvalue weighted by Gasteiger charge is -2.52. The van der Waals surface area contributed by atoms with Gasteiger partial charge in [-0.1, -0.05) is 179 Å². The fourth-order valence-corrected chi connectivity index (χ4v) is 10.6. The summed E-state index contributed by atoms with van der Waals surface area (Å²) in [5, 5.41) is 3.99. The molecule has 0 aliphatic heterocycles. The first-order chi connectivity index (χ1) is 31.5. The Balaban J connectivity index is 1.44. The number of rotatable bonds is 17. The zero-order valence-electron chi connectivity index (χ0n) is 38.6. The fourth-order valence-electron chi connectivity index (χ4n) is 9.45. The first kappa shape index (κ1) is 45.0. The molecule has 0 saturated carbocycles. The second kappa shape index (κ2) is 18.9. The van der Waals surface area contributed by atoms with Crippen LogP contribution in [0.2, 0.25) is 13.1 Å². The van der Waals surface area contributed by atoms with Crippen molar-refractivity contribution < 1.29 is 18.6 Å². The number of nitrogens with zero attached hydrogens (tertiary/aromatic N) is 4. The van der Waals surface area contributed by atoms with Crippen LogP contribution in [-0.4, -0.2) is 48.9 Å². The number of para-hydroxylation sites is 1. The molecule has 10 heteroatoms. The van der Waals surface area contributed by atoms with Crippen LogP contribution in [0.15, 0.2) is 183 Å². The van der Waals surface area contributed by atoms with E-state index in [-0.39, 0.29) is 0 Å². The molecule has 2 aromatic heterocycles. The molecule has 8 aromatic rings. The van der Waals surface area contributed by atoms with Gasteiger partial charge in [0.25, 0.3) is 0 Å². The third kappa shape index (κ3) is 8.34. The number of aromatic nitrogens is 4. The SMILES string of the molecule is CCC(OC(c1ccccc1)(c1ccccc1)c1cccc(OC)c1)(C(O[SiH](C)C)C(C)(C)C)n1cnc2c(NC(c3ccccc3)(c3ccccc3)c3ccccc3OC)ncnc21. The smallest absolute Gasteiger partial charge is 0.174 e. The van der Waals surface area contributed by atoms with Crippen molar-refractivity contribution in [3.05, 3.63) is 216 Å². The van der Waals surface area contributed by atoms with Gasteiger partial charge in [0.15, 0.2) is 31.7 Å². The molecule has 0 spiro atoms. The molecule has 0 amide bonds. The number of ether oxygens (including phenoxy) is 3. The first-order valence-electron chi connectivity index (χ1n) is 22.3. The maximum atomic E-state index is 8.32. The lowest BCUT2D eigenvalue weighted by atomic mass is 9.76. The summed E-state index contributed by atoms with van der Waals surface area (Å²) < 4.78 is 29.8. The monoisotopic (exact) mass is 881 g/mol. The van der Waals surface area contributed by atoms with Gasteiger partial charge in [-0.05, 0) is 70.9 Å². The van der Waals surface area contributed by atoms with Crippen molar-refractivity contribution in [1.82, 2.24) is 19.5 Å². The van der Waals surface area contributed by atoms with Crippen molar-refractivity contribution >= 4 is 26.0 Å². The van der Waals surface area contributed by atoms with E-state index in [1.165, 1.54) is 0 Å². The number of hydrogen-bond acceptors (Lipinski definition) is 8. The first-order valence-corrected chi connectivity index (χ1v) is 25.1. The van der Waals surface area contributed by atoms with Crippen LogP contribution in [0.1, 0.15) is 67.5 Å². The van der Waals surface area contributed by atoms with Crippen molar-refractivity contribution in [2.75, 3.05) is 19.5 Å². The average Bonchev–Trinajstić information content (AvgIpc) is 3.80. The van der Waals surface area contributed by atoms with E-state index in [1.54, 1.807) is 20.5 Å². The number of anilines is 1. The summed E-state index contributed by atoms with van der Waals surface area (Å²) in [7, 11) is 1.65. The summed E-state index contributed by atoms with van der Waals surface area (Å²) >= 11 is 0. The Morgan fingerprint density at radius 1 is 0.615 bits per heavy atom. The highest BCUT2D eigenvalue weighted by atomic mass is 28.3. The topological polar surface area (TPSA) is 92.6 Å². The highest BCUT2D eigenvalue weighted by molar-refractivity contribution is 6.48. The normalized spacial score (nSPS) is 13.6. The second-order valence-corrected chi connectivity index (χ2v) is 20.1. The molecule has 0 bridgehead atoms. The minimum atomic E-state index is -1.75. The molecule has 2 unspecified atom stereocenters. The van der Waals surface area contributed by atoms with Crippen LogP contribution in [0.4, 0.5) is 5.82 Å². The Morgan fingerprint density at radius 3 is 1.68 bits per heavy atom. The largest absolute Gasteiger partial charge is 0.497 e. The zero-order valence-corrected chi connectivity index (χ0v) is 39.8. The zero-order chi connectivity index (χ0) is 45.7. The molecule has 6 aromatic carbocycles. The van der Waals surface area contributed by atoms with Crippen molar-refractivity contribution in [2.24, 2.45) is 5.41 Å². The van der Waals surface area contributed by atoms with E-state index in [4.69, 9.17) is 33.6 Å². The molecule has 0 fully saturated rings. The number of methoxy groups -OCH3 is 2. The molecule has 9 nitrogen and oxygen atoms in total. The van der Waals surface area contributed by atoms with Crippen molar-refractivity contribution in [3.8, 4) is 11.5 Å². The van der Waals surface area contributed by atoms with Crippen LogP contribution >= 0.6 is 0 Å². The van der Waals surface area contributed by atoms with Gasteiger partial charge in [0.2, 0.25) is 0 Å². The highest BCUT2D eigenvalue weighted by Gasteiger charge is 2.55. The number of benzene rings is 6. The lowest BCUT2D eigenvalue weighted by Crippen LogP contribution is -2.58. The van der Waals surface area contributed by atoms with E-state index in [0.29, 0.717) is 23.4 Å². The molecular weight excluding hydrogens is 823 g/mol. The molecule has 1 N–H and O–H groups in total. The minimum absolute atomic E-state index is 0.439. The quantitative estimate of drug-likeness (QED) is 0.0714. The standard InChI is InChI=1S/C55H59N5O4Si/c1-9-53(51(52(2,3)4)63-65(7)8,64-55(42-29-18-12-19-30-42,43-31-20-13-21-32-43)44-33-24-34-45(37-44)61-5)60-39-58-48-49(56-38-57-50(48)60)59-54(40-25-14-10-15-26-40,41-27-16-11-17-28-41)46-35-22-23-36-47(46)62-6/h10-39,51,65H,9H2,1-8H3,(H,56,57,59). The van der Waals surface area contributed by atoms with Crippen LogP contribution in [-0.2, 0) is 26.0 Å². The van der Waals surface area contributed by atoms with Gasteiger partial charge in [0.1, 0.15) is 29.0 Å². The van der Waals surface area contributed by atoms with E-state index >= 15 is 0 Å².